The molecule has 1 aliphatic rings. The number of rotatable bonds is 6. The van der Waals surface area contributed by atoms with Gasteiger partial charge in [0.15, 0.2) is 0 Å². The molecule has 0 aliphatic carbocycles. The van der Waals surface area contributed by atoms with Gasteiger partial charge in [0, 0.05) is 32.8 Å². The van der Waals surface area contributed by atoms with E-state index in [2.05, 4.69) is 9.80 Å². The smallest absolute Gasteiger partial charge is 0.0431 e. The largest absolute Gasteiger partial charge is 0.396 e. The van der Waals surface area contributed by atoms with Crippen molar-refractivity contribution in [2.75, 3.05) is 52.4 Å². The van der Waals surface area contributed by atoms with Gasteiger partial charge in [-0.05, 0) is 38.9 Å². The molecule has 1 aliphatic heterocycles. The van der Waals surface area contributed by atoms with Crippen LogP contribution in [0.3, 0.4) is 0 Å². The van der Waals surface area contributed by atoms with Crippen LogP contribution in [0.2, 0.25) is 0 Å². The Morgan fingerprint density at radius 3 is 2.20 bits per heavy atom. The van der Waals surface area contributed by atoms with Crippen molar-refractivity contribution < 1.29 is 5.11 Å². The molecule has 1 heterocycles. The highest BCUT2D eigenvalue weighted by molar-refractivity contribution is 4.69. The normalized spacial score (nSPS) is 20.4. The standard InChI is InChI=1S/C11H25N3O/c12-4-8-14-7-3-6-13(9-10-14)5-1-2-11-15/h15H,1-12H2. The Balaban J connectivity index is 2.14. The second-order valence-electron chi connectivity index (χ2n) is 4.26. The zero-order chi connectivity index (χ0) is 10.9. The van der Waals surface area contributed by atoms with E-state index in [9.17, 15) is 0 Å². The Bertz CT molecular complexity index is 155. The van der Waals surface area contributed by atoms with E-state index in [-0.39, 0.29) is 0 Å². The summed E-state index contributed by atoms with van der Waals surface area (Å²) >= 11 is 0. The molecule has 0 aromatic heterocycles. The van der Waals surface area contributed by atoms with Crippen LogP contribution in [0.15, 0.2) is 0 Å². The lowest BCUT2D eigenvalue weighted by atomic mass is 10.3. The topological polar surface area (TPSA) is 52.7 Å². The first-order chi connectivity index (χ1) is 7.36. The van der Waals surface area contributed by atoms with E-state index in [0.29, 0.717) is 6.61 Å². The molecule has 4 nitrogen and oxygen atoms in total. The Kier molecular flexibility index (Phi) is 6.92. The molecular formula is C11H25N3O. The fraction of sp³-hybridized carbons (Fsp3) is 1.00. The van der Waals surface area contributed by atoms with Gasteiger partial charge in [0.25, 0.3) is 0 Å². The van der Waals surface area contributed by atoms with Gasteiger partial charge in [0.2, 0.25) is 0 Å². The van der Waals surface area contributed by atoms with E-state index < -0.39 is 0 Å². The Morgan fingerprint density at radius 1 is 0.933 bits per heavy atom. The van der Waals surface area contributed by atoms with Crippen molar-refractivity contribution in [3.63, 3.8) is 0 Å². The van der Waals surface area contributed by atoms with Crippen LogP contribution in [0.1, 0.15) is 19.3 Å². The van der Waals surface area contributed by atoms with Gasteiger partial charge in [-0.15, -0.1) is 0 Å². The number of nitrogens with two attached hydrogens (primary N) is 1. The number of hydrogen-bond acceptors (Lipinski definition) is 4. The summed E-state index contributed by atoms with van der Waals surface area (Å²) in [6.45, 7) is 7.96. The summed E-state index contributed by atoms with van der Waals surface area (Å²) in [4.78, 5) is 4.96. The van der Waals surface area contributed by atoms with Crippen LogP contribution >= 0.6 is 0 Å². The molecule has 0 saturated carbocycles. The Morgan fingerprint density at radius 2 is 1.60 bits per heavy atom. The van der Waals surface area contributed by atoms with Gasteiger partial charge >= 0.3 is 0 Å². The molecule has 3 N–H and O–H groups in total. The third-order valence-electron chi connectivity index (χ3n) is 3.01. The van der Waals surface area contributed by atoms with E-state index in [0.717, 1.165) is 45.6 Å². The van der Waals surface area contributed by atoms with Gasteiger partial charge < -0.3 is 20.6 Å². The zero-order valence-corrected chi connectivity index (χ0v) is 9.70. The lowest BCUT2D eigenvalue weighted by molar-refractivity contribution is 0.239. The number of nitrogens with zero attached hydrogens (tertiary/aromatic N) is 2. The fourth-order valence-corrected chi connectivity index (χ4v) is 2.10. The average Bonchev–Trinajstić information content (AvgIpc) is 2.45. The lowest BCUT2D eigenvalue weighted by Crippen LogP contribution is -2.34. The molecule has 0 atom stereocenters. The predicted octanol–water partition coefficient (Wildman–Crippen LogP) is -0.275. The third-order valence-corrected chi connectivity index (χ3v) is 3.01. The summed E-state index contributed by atoms with van der Waals surface area (Å²) in [7, 11) is 0. The SMILES string of the molecule is NCCN1CCCN(CCCCO)CC1. The first-order valence-corrected chi connectivity index (χ1v) is 6.12. The van der Waals surface area contributed by atoms with Crippen molar-refractivity contribution in [2.24, 2.45) is 5.73 Å². The highest BCUT2D eigenvalue weighted by Gasteiger charge is 2.13. The monoisotopic (exact) mass is 215 g/mol. The van der Waals surface area contributed by atoms with E-state index in [1.807, 2.05) is 0 Å². The summed E-state index contributed by atoms with van der Waals surface area (Å²) in [6.07, 6.45) is 3.30. The molecule has 0 aromatic carbocycles. The molecule has 0 spiro atoms. The van der Waals surface area contributed by atoms with Crippen LogP contribution in [0.25, 0.3) is 0 Å². The van der Waals surface area contributed by atoms with Crippen LogP contribution < -0.4 is 5.73 Å². The van der Waals surface area contributed by atoms with Gasteiger partial charge in [-0.25, -0.2) is 0 Å². The maximum absolute atomic E-state index is 8.72. The van der Waals surface area contributed by atoms with Crippen molar-refractivity contribution in [3.05, 3.63) is 0 Å². The summed E-state index contributed by atoms with van der Waals surface area (Å²) in [6, 6.07) is 0. The van der Waals surface area contributed by atoms with Crippen molar-refractivity contribution >= 4 is 0 Å². The number of aliphatic hydroxyl groups excluding tert-OH is 1. The zero-order valence-electron chi connectivity index (χ0n) is 9.70. The van der Waals surface area contributed by atoms with E-state index in [1.54, 1.807) is 0 Å². The van der Waals surface area contributed by atoms with Gasteiger partial charge in [-0.2, -0.15) is 0 Å². The molecule has 1 rings (SSSR count). The second kappa shape index (κ2) is 8.05. The molecule has 0 radical (unpaired) electrons. The quantitative estimate of drug-likeness (QED) is 0.599. The molecule has 90 valence electrons. The lowest BCUT2D eigenvalue weighted by Gasteiger charge is -2.21. The van der Waals surface area contributed by atoms with Crippen LogP contribution in [0.4, 0.5) is 0 Å². The number of aliphatic hydroxyl groups is 1. The number of hydrogen-bond donors (Lipinski definition) is 2. The summed E-state index contributed by atoms with van der Waals surface area (Å²) in [5, 5.41) is 8.72. The minimum absolute atomic E-state index is 0.327. The molecule has 1 saturated heterocycles. The molecule has 1 fully saturated rings. The van der Waals surface area contributed by atoms with Crippen molar-refractivity contribution in [2.45, 2.75) is 19.3 Å². The van der Waals surface area contributed by atoms with E-state index in [4.69, 9.17) is 10.8 Å². The summed E-state index contributed by atoms with van der Waals surface area (Å²) in [5.41, 5.74) is 5.56. The third kappa shape index (κ3) is 5.47. The summed E-state index contributed by atoms with van der Waals surface area (Å²) < 4.78 is 0. The van der Waals surface area contributed by atoms with Gasteiger partial charge in [-0.1, -0.05) is 0 Å². The van der Waals surface area contributed by atoms with Crippen molar-refractivity contribution in [1.29, 1.82) is 0 Å². The Hall–Kier alpha value is -0.160. The van der Waals surface area contributed by atoms with E-state index >= 15 is 0 Å². The van der Waals surface area contributed by atoms with Crippen LogP contribution in [0.5, 0.6) is 0 Å². The van der Waals surface area contributed by atoms with E-state index in [1.165, 1.54) is 19.5 Å². The fourth-order valence-electron chi connectivity index (χ4n) is 2.10. The molecule has 0 aromatic rings. The first-order valence-electron chi connectivity index (χ1n) is 6.12. The molecule has 15 heavy (non-hydrogen) atoms. The first kappa shape index (κ1) is 12.9. The molecule has 0 unspecified atom stereocenters. The maximum Gasteiger partial charge on any atom is 0.0431 e. The Labute approximate surface area is 93.0 Å². The molecule has 4 heteroatoms. The van der Waals surface area contributed by atoms with Crippen molar-refractivity contribution in [3.8, 4) is 0 Å². The van der Waals surface area contributed by atoms with Crippen LogP contribution in [-0.4, -0.2) is 67.3 Å². The van der Waals surface area contributed by atoms with Crippen LogP contribution in [0, 0.1) is 0 Å². The van der Waals surface area contributed by atoms with Crippen LogP contribution in [-0.2, 0) is 0 Å². The highest BCUT2D eigenvalue weighted by Crippen LogP contribution is 2.03. The number of unbranched alkanes of at least 4 members (excludes halogenated alkanes) is 1. The molecule has 0 amide bonds. The minimum atomic E-state index is 0.327. The van der Waals surface area contributed by atoms with Gasteiger partial charge in [0.05, 0.1) is 0 Å². The summed E-state index contributed by atoms with van der Waals surface area (Å²) in [5.74, 6) is 0. The van der Waals surface area contributed by atoms with Crippen molar-refractivity contribution in [1.82, 2.24) is 9.80 Å². The highest BCUT2D eigenvalue weighted by atomic mass is 16.2. The second-order valence-corrected chi connectivity index (χ2v) is 4.26. The minimum Gasteiger partial charge on any atom is -0.396 e. The average molecular weight is 215 g/mol. The molecular weight excluding hydrogens is 190 g/mol. The maximum atomic E-state index is 8.72. The molecule has 0 bridgehead atoms. The van der Waals surface area contributed by atoms with Gasteiger partial charge in [-0.3, -0.25) is 0 Å². The van der Waals surface area contributed by atoms with Gasteiger partial charge in [0.1, 0.15) is 0 Å². The predicted molar refractivity (Wildman–Crippen MR) is 62.9 cm³/mol.